The Morgan fingerprint density at radius 3 is 2.17 bits per heavy atom. The number of benzene rings is 3. The highest BCUT2D eigenvalue weighted by molar-refractivity contribution is 7.92. The molecular weight excluding hydrogens is 468 g/mol. The van der Waals surface area contributed by atoms with Gasteiger partial charge in [-0.2, -0.15) is 0 Å². The molecule has 0 unspecified atom stereocenters. The van der Waals surface area contributed by atoms with Gasteiger partial charge in [-0.15, -0.1) is 0 Å². The summed E-state index contributed by atoms with van der Waals surface area (Å²) >= 11 is 0. The van der Waals surface area contributed by atoms with Gasteiger partial charge in [0, 0.05) is 12.6 Å². The molecule has 1 amide bonds. The normalized spacial score (nSPS) is 10.9. The number of hydrogen-bond acceptors (Lipinski definition) is 6. The van der Waals surface area contributed by atoms with Crippen molar-refractivity contribution in [3.05, 3.63) is 78.4 Å². The van der Waals surface area contributed by atoms with Crippen LogP contribution in [0.4, 0.5) is 5.69 Å². The van der Waals surface area contributed by atoms with E-state index in [1.807, 2.05) is 24.3 Å². The Morgan fingerprint density at radius 1 is 0.857 bits per heavy atom. The average Bonchev–Trinajstić information content (AvgIpc) is 2.90. The second kappa shape index (κ2) is 12.1. The molecule has 3 aromatic carbocycles. The molecule has 9 heteroatoms. The number of methoxy groups -OCH3 is 3. The number of carbonyl (C=O) groups excluding carboxylic acids is 1. The summed E-state index contributed by atoms with van der Waals surface area (Å²) in [6, 6.07) is 20.6. The highest BCUT2D eigenvalue weighted by Crippen LogP contribution is 2.32. The summed E-state index contributed by atoms with van der Waals surface area (Å²) in [6.45, 7) is 0.0626. The Morgan fingerprint density at radius 2 is 1.54 bits per heavy atom. The van der Waals surface area contributed by atoms with E-state index in [9.17, 15) is 13.2 Å². The van der Waals surface area contributed by atoms with Crippen LogP contribution < -0.4 is 23.8 Å². The van der Waals surface area contributed by atoms with Crippen molar-refractivity contribution in [2.75, 3.05) is 38.7 Å². The predicted octanol–water partition coefficient (Wildman–Crippen LogP) is 3.66. The third kappa shape index (κ3) is 6.66. The lowest BCUT2D eigenvalue weighted by Gasteiger charge is -2.24. The first kappa shape index (κ1) is 25.9. The van der Waals surface area contributed by atoms with Crippen LogP contribution in [0.3, 0.4) is 0 Å². The van der Waals surface area contributed by atoms with Crippen LogP contribution in [0.25, 0.3) is 0 Å². The molecule has 0 radical (unpaired) electrons. The summed E-state index contributed by atoms with van der Waals surface area (Å²) in [5.41, 5.74) is 1.51. The average molecular weight is 499 g/mol. The number of ether oxygens (including phenoxy) is 3. The summed E-state index contributed by atoms with van der Waals surface area (Å²) in [7, 11) is 0.464. The number of carbonyl (C=O) groups is 1. The van der Waals surface area contributed by atoms with Gasteiger partial charge in [-0.25, -0.2) is 8.42 Å². The fourth-order valence-corrected chi connectivity index (χ4v) is 4.95. The van der Waals surface area contributed by atoms with Gasteiger partial charge in [-0.05, 0) is 54.8 Å². The van der Waals surface area contributed by atoms with Crippen molar-refractivity contribution in [1.29, 1.82) is 0 Å². The largest absolute Gasteiger partial charge is 0.497 e. The Labute approximate surface area is 206 Å². The van der Waals surface area contributed by atoms with E-state index in [0.717, 1.165) is 22.0 Å². The minimum absolute atomic E-state index is 0.00805. The molecule has 3 rings (SSSR count). The second-order valence-electron chi connectivity index (χ2n) is 7.67. The second-order valence-corrected chi connectivity index (χ2v) is 9.53. The quantitative estimate of drug-likeness (QED) is 0.383. The number of aryl methyl sites for hydroxylation is 1. The molecule has 0 atom stereocenters. The van der Waals surface area contributed by atoms with E-state index in [-0.39, 0.29) is 17.2 Å². The number of para-hydroxylation sites is 1. The molecule has 186 valence electrons. The van der Waals surface area contributed by atoms with E-state index in [0.29, 0.717) is 24.4 Å². The van der Waals surface area contributed by atoms with Crippen molar-refractivity contribution in [2.45, 2.75) is 17.7 Å². The van der Waals surface area contributed by atoms with Crippen molar-refractivity contribution >= 4 is 21.6 Å². The molecule has 0 aliphatic carbocycles. The smallest absolute Gasteiger partial charge is 0.264 e. The monoisotopic (exact) mass is 498 g/mol. The van der Waals surface area contributed by atoms with E-state index >= 15 is 0 Å². The minimum Gasteiger partial charge on any atom is -0.497 e. The van der Waals surface area contributed by atoms with Crippen molar-refractivity contribution < 1.29 is 27.4 Å². The summed E-state index contributed by atoms with van der Waals surface area (Å²) in [6.07, 6.45) is 1.49. The topological polar surface area (TPSA) is 94.2 Å². The molecule has 0 aromatic heterocycles. The first-order chi connectivity index (χ1) is 16.9. The fraction of sp³-hybridized carbons (Fsp3) is 0.269. The SMILES string of the molecule is COc1ccc(CCCNC(=O)CN(c2ccccc2)S(=O)(=O)c2ccc(OC)c(OC)c2)cc1. The molecule has 0 saturated heterocycles. The maximum Gasteiger partial charge on any atom is 0.264 e. The molecule has 1 N–H and O–H groups in total. The summed E-state index contributed by atoms with van der Waals surface area (Å²) in [5.74, 6) is 1.09. The number of sulfonamides is 1. The number of rotatable bonds is 12. The van der Waals surface area contributed by atoms with Crippen molar-refractivity contribution in [1.82, 2.24) is 5.32 Å². The van der Waals surface area contributed by atoms with Crippen LogP contribution in [-0.2, 0) is 21.2 Å². The fourth-order valence-electron chi connectivity index (χ4n) is 3.51. The van der Waals surface area contributed by atoms with Crippen LogP contribution in [0.5, 0.6) is 17.2 Å². The third-order valence-electron chi connectivity index (χ3n) is 5.40. The number of anilines is 1. The highest BCUT2D eigenvalue weighted by atomic mass is 32.2. The molecule has 0 aliphatic rings. The molecule has 35 heavy (non-hydrogen) atoms. The lowest BCUT2D eigenvalue weighted by atomic mass is 10.1. The molecule has 3 aromatic rings. The van der Waals surface area contributed by atoms with Crippen molar-refractivity contribution in [3.8, 4) is 17.2 Å². The number of hydrogen-bond donors (Lipinski definition) is 1. The van der Waals surface area contributed by atoms with E-state index in [2.05, 4.69) is 5.32 Å². The number of nitrogens with zero attached hydrogens (tertiary/aromatic N) is 1. The number of nitrogens with one attached hydrogen (secondary N) is 1. The van der Waals surface area contributed by atoms with E-state index < -0.39 is 15.9 Å². The van der Waals surface area contributed by atoms with Gasteiger partial charge >= 0.3 is 0 Å². The van der Waals surface area contributed by atoms with Gasteiger partial charge in [0.1, 0.15) is 12.3 Å². The van der Waals surface area contributed by atoms with Crippen molar-refractivity contribution in [3.63, 3.8) is 0 Å². The minimum atomic E-state index is -4.06. The molecule has 0 fully saturated rings. The maximum atomic E-state index is 13.5. The van der Waals surface area contributed by atoms with E-state index in [1.54, 1.807) is 37.4 Å². The highest BCUT2D eigenvalue weighted by Gasteiger charge is 2.28. The zero-order valence-electron chi connectivity index (χ0n) is 20.1. The molecule has 8 nitrogen and oxygen atoms in total. The van der Waals surface area contributed by atoms with Gasteiger partial charge < -0.3 is 19.5 Å². The number of amides is 1. The molecule has 0 aliphatic heterocycles. The molecular formula is C26H30N2O6S. The van der Waals surface area contributed by atoms with Crippen LogP contribution in [0.2, 0.25) is 0 Å². The van der Waals surface area contributed by atoms with Gasteiger partial charge in [0.05, 0.1) is 31.9 Å². The Kier molecular flexibility index (Phi) is 8.97. The Hall–Kier alpha value is -3.72. The van der Waals surface area contributed by atoms with Gasteiger partial charge in [0.15, 0.2) is 11.5 Å². The van der Waals surface area contributed by atoms with Crippen molar-refractivity contribution in [2.24, 2.45) is 0 Å². The van der Waals surface area contributed by atoms with Crippen LogP contribution in [-0.4, -0.2) is 48.7 Å². The zero-order chi connectivity index (χ0) is 25.3. The van der Waals surface area contributed by atoms with Crippen LogP contribution >= 0.6 is 0 Å². The van der Waals surface area contributed by atoms with Gasteiger partial charge in [0.2, 0.25) is 5.91 Å². The lowest BCUT2D eigenvalue weighted by Crippen LogP contribution is -2.41. The lowest BCUT2D eigenvalue weighted by molar-refractivity contribution is -0.119. The first-order valence-electron chi connectivity index (χ1n) is 11.1. The zero-order valence-corrected chi connectivity index (χ0v) is 20.9. The summed E-state index contributed by atoms with van der Waals surface area (Å²) < 4.78 is 43.8. The first-order valence-corrected chi connectivity index (χ1v) is 12.5. The van der Waals surface area contributed by atoms with E-state index in [4.69, 9.17) is 14.2 Å². The standard InChI is InChI=1S/C26H30N2O6S/c1-32-22-13-11-20(12-14-22)8-7-17-27-26(29)19-28(21-9-5-4-6-10-21)35(30,31)23-15-16-24(33-2)25(18-23)34-3/h4-6,9-16,18H,7-8,17,19H2,1-3H3,(H,27,29). The van der Waals surface area contributed by atoms with Crippen LogP contribution in [0, 0.1) is 0 Å². The Bertz CT molecular complexity index is 1210. The molecule has 0 saturated carbocycles. The predicted molar refractivity (Wildman–Crippen MR) is 135 cm³/mol. The molecule has 0 bridgehead atoms. The third-order valence-corrected chi connectivity index (χ3v) is 7.17. The van der Waals surface area contributed by atoms with Gasteiger partial charge in [-0.3, -0.25) is 9.10 Å². The maximum absolute atomic E-state index is 13.5. The van der Waals surface area contributed by atoms with Gasteiger partial charge in [-0.1, -0.05) is 30.3 Å². The van der Waals surface area contributed by atoms with Crippen LogP contribution in [0.15, 0.2) is 77.7 Å². The Balaban J connectivity index is 1.71. The van der Waals surface area contributed by atoms with Gasteiger partial charge in [0.25, 0.3) is 10.0 Å². The summed E-state index contributed by atoms with van der Waals surface area (Å²) in [4.78, 5) is 12.7. The van der Waals surface area contributed by atoms with Crippen LogP contribution in [0.1, 0.15) is 12.0 Å². The molecule has 0 heterocycles. The molecule has 0 spiro atoms. The van der Waals surface area contributed by atoms with E-state index in [1.165, 1.54) is 32.4 Å². The summed E-state index contributed by atoms with van der Waals surface area (Å²) in [5, 5.41) is 2.83.